The van der Waals surface area contributed by atoms with Crippen LogP contribution in [0, 0.1) is 5.92 Å². The number of aliphatic carboxylic acids is 1. The predicted molar refractivity (Wildman–Crippen MR) is 78.8 cm³/mol. The molecule has 0 radical (unpaired) electrons. The number of amides is 1. The van der Waals surface area contributed by atoms with Crippen LogP contribution in [0.15, 0.2) is 18.2 Å². The molecule has 0 saturated heterocycles. The molecule has 1 amide bonds. The number of carbonyl (C=O) groups is 2. The third kappa shape index (κ3) is 3.65. The van der Waals surface area contributed by atoms with Gasteiger partial charge in [-0.05, 0) is 24.5 Å². The Morgan fingerprint density at radius 1 is 1.43 bits per heavy atom. The molecule has 3 N–H and O–H groups in total. The van der Waals surface area contributed by atoms with E-state index in [0.717, 1.165) is 5.69 Å². The van der Waals surface area contributed by atoms with E-state index < -0.39 is 17.9 Å². The largest absolute Gasteiger partial charge is 0.489 e. The number of hydrogen-bond donors (Lipinski definition) is 3. The Bertz CT molecular complexity index is 542. The van der Waals surface area contributed by atoms with Gasteiger partial charge in [0.05, 0.1) is 11.3 Å². The highest BCUT2D eigenvalue weighted by Gasteiger charge is 2.25. The van der Waals surface area contributed by atoms with Gasteiger partial charge in [0.25, 0.3) is 5.91 Å². The van der Waals surface area contributed by atoms with E-state index in [1.807, 2.05) is 19.9 Å². The van der Waals surface area contributed by atoms with Crippen molar-refractivity contribution in [2.45, 2.75) is 26.3 Å². The lowest BCUT2D eigenvalue weighted by Crippen LogP contribution is -2.41. The van der Waals surface area contributed by atoms with Crippen molar-refractivity contribution in [1.82, 2.24) is 5.32 Å². The lowest BCUT2D eigenvalue weighted by Gasteiger charge is -2.22. The first-order valence-corrected chi connectivity index (χ1v) is 7.02. The van der Waals surface area contributed by atoms with Gasteiger partial charge in [-0.15, -0.1) is 0 Å². The molecular formula is C15H20N2O4. The Balaban J connectivity index is 2.18. The second-order valence-corrected chi connectivity index (χ2v) is 5.45. The van der Waals surface area contributed by atoms with Crippen LogP contribution in [0.2, 0.25) is 0 Å². The molecule has 0 saturated carbocycles. The summed E-state index contributed by atoms with van der Waals surface area (Å²) in [5.41, 5.74) is 1.11. The number of benzene rings is 1. The first-order chi connectivity index (χ1) is 9.99. The van der Waals surface area contributed by atoms with Gasteiger partial charge in [-0.2, -0.15) is 0 Å². The molecule has 0 aromatic heterocycles. The highest BCUT2D eigenvalue weighted by Crippen LogP contribution is 2.31. The summed E-state index contributed by atoms with van der Waals surface area (Å²) >= 11 is 0. The summed E-state index contributed by atoms with van der Waals surface area (Å²) in [6.07, 6.45) is 0.384. The number of fused-ring (bicyclic) bond motifs is 1. The van der Waals surface area contributed by atoms with E-state index in [1.165, 1.54) is 0 Å². The number of carboxylic acid groups (broad SMARTS) is 1. The van der Waals surface area contributed by atoms with Crippen molar-refractivity contribution in [3.8, 4) is 5.75 Å². The third-order valence-corrected chi connectivity index (χ3v) is 3.23. The fourth-order valence-electron chi connectivity index (χ4n) is 2.28. The number of ether oxygens (including phenoxy) is 1. The average Bonchev–Trinajstić information content (AvgIpc) is 2.45. The fraction of sp³-hybridized carbons (Fsp3) is 0.467. The number of hydrogen-bond acceptors (Lipinski definition) is 4. The molecule has 1 aliphatic rings. The fourth-order valence-corrected chi connectivity index (χ4v) is 2.28. The molecule has 1 heterocycles. The van der Waals surface area contributed by atoms with E-state index >= 15 is 0 Å². The number of carboxylic acids is 1. The topological polar surface area (TPSA) is 87.7 Å². The highest BCUT2D eigenvalue weighted by molar-refractivity contribution is 6.00. The lowest BCUT2D eigenvalue weighted by molar-refractivity contribution is -0.139. The monoisotopic (exact) mass is 292 g/mol. The molecule has 2 rings (SSSR count). The van der Waals surface area contributed by atoms with Gasteiger partial charge in [0.1, 0.15) is 12.6 Å². The van der Waals surface area contributed by atoms with Crippen molar-refractivity contribution < 1.29 is 19.4 Å². The van der Waals surface area contributed by atoms with Crippen LogP contribution >= 0.6 is 0 Å². The maximum absolute atomic E-state index is 12.3. The van der Waals surface area contributed by atoms with Crippen LogP contribution in [0.3, 0.4) is 0 Å². The molecule has 0 unspecified atom stereocenters. The van der Waals surface area contributed by atoms with Gasteiger partial charge >= 0.3 is 5.97 Å². The van der Waals surface area contributed by atoms with Crippen molar-refractivity contribution in [3.05, 3.63) is 23.8 Å². The normalized spacial score (nSPS) is 14.6. The zero-order valence-electron chi connectivity index (χ0n) is 12.2. The van der Waals surface area contributed by atoms with Gasteiger partial charge in [0.2, 0.25) is 0 Å². The first kappa shape index (κ1) is 15.2. The standard InChI is InChI=1S/C15H20N2O4/c1-9(2)8-12(15(19)20)17-14(18)10-4-3-5-11-13(10)21-7-6-16-11/h3-5,9,12,16H,6-8H2,1-2H3,(H,17,18)(H,19,20)/t12-/m0/s1. The maximum Gasteiger partial charge on any atom is 0.326 e. The van der Waals surface area contributed by atoms with E-state index in [-0.39, 0.29) is 5.92 Å². The Kier molecular flexibility index (Phi) is 4.67. The molecule has 21 heavy (non-hydrogen) atoms. The Hall–Kier alpha value is -2.24. The second kappa shape index (κ2) is 6.47. The van der Waals surface area contributed by atoms with Crippen molar-refractivity contribution in [3.63, 3.8) is 0 Å². The van der Waals surface area contributed by atoms with Crippen LogP contribution in [0.25, 0.3) is 0 Å². The molecule has 1 aliphatic heterocycles. The summed E-state index contributed by atoms with van der Waals surface area (Å²) in [5.74, 6) is -0.798. The van der Waals surface area contributed by atoms with Gasteiger partial charge in [-0.1, -0.05) is 19.9 Å². The summed E-state index contributed by atoms with van der Waals surface area (Å²) in [6.45, 7) is 4.99. The smallest absolute Gasteiger partial charge is 0.326 e. The number of nitrogens with one attached hydrogen (secondary N) is 2. The van der Waals surface area contributed by atoms with Crippen molar-refractivity contribution >= 4 is 17.6 Å². The number of rotatable bonds is 5. The van der Waals surface area contributed by atoms with E-state index in [0.29, 0.717) is 30.9 Å². The summed E-state index contributed by atoms with van der Waals surface area (Å²) < 4.78 is 5.53. The first-order valence-electron chi connectivity index (χ1n) is 7.02. The van der Waals surface area contributed by atoms with E-state index in [4.69, 9.17) is 4.74 Å². The summed E-state index contributed by atoms with van der Waals surface area (Å²) in [4.78, 5) is 23.6. The van der Waals surface area contributed by atoms with Crippen molar-refractivity contribution in [2.24, 2.45) is 5.92 Å². The van der Waals surface area contributed by atoms with Crippen molar-refractivity contribution in [2.75, 3.05) is 18.5 Å². The molecule has 0 aliphatic carbocycles. The second-order valence-electron chi connectivity index (χ2n) is 5.45. The SMILES string of the molecule is CC(C)C[C@H](NC(=O)c1cccc2c1OCCN2)C(=O)O. The highest BCUT2D eigenvalue weighted by atomic mass is 16.5. The van der Waals surface area contributed by atoms with Crippen LogP contribution in [0.1, 0.15) is 30.6 Å². The van der Waals surface area contributed by atoms with Crippen LogP contribution in [0.5, 0.6) is 5.75 Å². The molecule has 6 heteroatoms. The summed E-state index contributed by atoms with van der Waals surface area (Å²) in [5, 5.41) is 14.9. The van der Waals surface area contributed by atoms with Crippen LogP contribution in [-0.2, 0) is 4.79 Å². The summed E-state index contributed by atoms with van der Waals surface area (Å²) in [7, 11) is 0. The minimum absolute atomic E-state index is 0.175. The van der Waals surface area contributed by atoms with Crippen LogP contribution in [0.4, 0.5) is 5.69 Å². The molecule has 0 bridgehead atoms. The molecule has 1 aromatic carbocycles. The molecule has 6 nitrogen and oxygen atoms in total. The van der Waals surface area contributed by atoms with Crippen molar-refractivity contribution in [1.29, 1.82) is 0 Å². The molecule has 0 spiro atoms. The third-order valence-electron chi connectivity index (χ3n) is 3.23. The summed E-state index contributed by atoms with van der Waals surface area (Å²) in [6, 6.07) is 4.31. The number of carbonyl (C=O) groups excluding carboxylic acids is 1. The number of para-hydroxylation sites is 1. The minimum atomic E-state index is -1.03. The minimum Gasteiger partial charge on any atom is -0.489 e. The molecule has 0 fully saturated rings. The zero-order chi connectivity index (χ0) is 15.4. The van der Waals surface area contributed by atoms with E-state index in [1.54, 1.807) is 12.1 Å². The average molecular weight is 292 g/mol. The van der Waals surface area contributed by atoms with Gasteiger partial charge in [-0.3, -0.25) is 4.79 Å². The van der Waals surface area contributed by atoms with Crippen LogP contribution in [-0.4, -0.2) is 36.2 Å². The molecule has 1 atom stereocenters. The Labute approximate surface area is 123 Å². The maximum atomic E-state index is 12.3. The zero-order valence-corrected chi connectivity index (χ0v) is 12.2. The lowest BCUT2D eigenvalue weighted by atomic mass is 10.0. The van der Waals surface area contributed by atoms with Gasteiger partial charge in [-0.25, -0.2) is 4.79 Å². The van der Waals surface area contributed by atoms with E-state index in [9.17, 15) is 14.7 Å². The molecule has 114 valence electrons. The molecule has 1 aromatic rings. The predicted octanol–water partition coefficient (Wildman–Crippen LogP) is 1.72. The molecular weight excluding hydrogens is 272 g/mol. The Morgan fingerprint density at radius 2 is 2.19 bits per heavy atom. The Morgan fingerprint density at radius 3 is 2.86 bits per heavy atom. The van der Waals surface area contributed by atoms with E-state index in [2.05, 4.69) is 10.6 Å². The van der Waals surface area contributed by atoms with Gasteiger partial charge in [0.15, 0.2) is 5.75 Å². The number of anilines is 1. The van der Waals surface area contributed by atoms with Gasteiger partial charge < -0.3 is 20.5 Å². The van der Waals surface area contributed by atoms with Crippen LogP contribution < -0.4 is 15.4 Å². The quantitative estimate of drug-likeness (QED) is 0.769. The van der Waals surface area contributed by atoms with Gasteiger partial charge in [0, 0.05) is 6.54 Å².